The summed E-state index contributed by atoms with van der Waals surface area (Å²) in [4.78, 5) is 19.6. The van der Waals surface area contributed by atoms with Crippen molar-refractivity contribution in [3.05, 3.63) is 40.3 Å². The van der Waals surface area contributed by atoms with Crippen molar-refractivity contribution >= 4 is 53.1 Å². The molecule has 0 spiro atoms. The van der Waals surface area contributed by atoms with Gasteiger partial charge in [0.2, 0.25) is 0 Å². The summed E-state index contributed by atoms with van der Waals surface area (Å²) in [6.45, 7) is 0. The third-order valence-electron chi connectivity index (χ3n) is 2.87. The van der Waals surface area contributed by atoms with Crippen LogP contribution in [0.4, 0.5) is 0 Å². The molecular weight excluding hydrogens is 252 g/mol. The van der Waals surface area contributed by atoms with E-state index in [0.29, 0.717) is 0 Å². The van der Waals surface area contributed by atoms with Gasteiger partial charge in [-0.1, -0.05) is 0 Å². The lowest BCUT2D eigenvalue weighted by atomic mass is 10.1. The zero-order valence-corrected chi connectivity index (χ0v) is 10.2. The number of aromatic amines is 1. The molecule has 0 aliphatic carbocycles. The molecule has 0 aliphatic heterocycles. The van der Waals surface area contributed by atoms with Crippen molar-refractivity contribution < 1.29 is 0 Å². The quantitative estimate of drug-likeness (QED) is 0.525. The van der Waals surface area contributed by atoms with Crippen LogP contribution in [0.2, 0.25) is 0 Å². The summed E-state index contributed by atoms with van der Waals surface area (Å²) in [5, 5.41) is 4.96. The molecule has 0 bridgehead atoms. The Morgan fingerprint density at radius 3 is 2.94 bits per heavy atom. The molecule has 82 valence electrons. The van der Waals surface area contributed by atoms with Gasteiger partial charge in [0.25, 0.3) is 5.56 Å². The van der Waals surface area contributed by atoms with Crippen LogP contribution in [0.1, 0.15) is 0 Å². The number of aromatic nitrogens is 2. The van der Waals surface area contributed by atoms with Crippen LogP contribution in [0.5, 0.6) is 0 Å². The predicted octanol–water partition coefficient (Wildman–Crippen LogP) is 3.35. The van der Waals surface area contributed by atoms with Crippen molar-refractivity contribution in [2.45, 2.75) is 0 Å². The van der Waals surface area contributed by atoms with Gasteiger partial charge in [-0.05, 0) is 23.6 Å². The van der Waals surface area contributed by atoms with E-state index in [1.54, 1.807) is 22.7 Å². The molecule has 5 heteroatoms. The Labute approximate surface area is 103 Å². The standard InChI is InChI=1S/C12H6N2OS2/c15-11-10-9-6-3-4-16-7(6)1-2-8(9)17-12(10)14-5-13-11/h1-5H,(H,13,14,15). The fraction of sp³-hybridized carbons (Fsp3) is 0. The average molecular weight is 258 g/mol. The van der Waals surface area contributed by atoms with Gasteiger partial charge in [0, 0.05) is 20.2 Å². The molecule has 0 amide bonds. The average Bonchev–Trinajstić information content (AvgIpc) is 2.91. The Kier molecular flexibility index (Phi) is 1.73. The van der Waals surface area contributed by atoms with Crippen LogP contribution in [-0.2, 0) is 0 Å². The van der Waals surface area contributed by atoms with E-state index in [9.17, 15) is 4.79 Å². The molecule has 1 aromatic carbocycles. The monoisotopic (exact) mass is 258 g/mol. The fourth-order valence-electron chi connectivity index (χ4n) is 2.15. The van der Waals surface area contributed by atoms with Crippen molar-refractivity contribution in [2.75, 3.05) is 0 Å². The van der Waals surface area contributed by atoms with E-state index in [-0.39, 0.29) is 5.56 Å². The molecule has 0 saturated heterocycles. The maximum absolute atomic E-state index is 11.9. The lowest BCUT2D eigenvalue weighted by Gasteiger charge is -1.93. The van der Waals surface area contributed by atoms with Gasteiger partial charge in [-0.15, -0.1) is 22.7 Å². The number of H-pyrrole nitrogens is 1. The third-order valence-corrected chi connectivity index (χ3v) is 4.82. The highest BCUT2D eigenvalue weighted by atomic mass is 32.1. The Morgan fingerprint density at radius 1 is 1.12 bits per heavy atom. The van der Waals surface area contributed by atoms with Gasteiger partial charge >= 0.3 is 0 Å². The van der Waals surface area contributed by atoms with Gasteiger partial charge < -0.3 is 4.98 Å². The molecule has 0 atom stereocenters. The van der Waals surface area contributed by atoms with Crippen LogP contribution in [0, 0.1) is 0 Å². The van der Waals surface area contributed by atoms with Gasteiger partial charge in [-0.2, -0.15) is 0 Å². The fourth-order valence-corrected chi connectivity index (χ4v) is 4.01. The number of nitrogens with zero attached hydrogens (tertiary/aromatic N) is 1. The zero-order chi connectivity index (χ0) is 11.4. The van der Waals surface area contributed by atoms with Crippen LogP contribution in [0.15, 0.2) is 34.7 Å². The van der Waals surface area contributed by atoms with E-state index in [2.05, 4.69) is 33.5 Å². The largest absolute Gasteiger partial charge is 0.313 e. The van der Waals surface area contributed by atoms with Gasteiger partial charge in [0.1, 0.15) is 4.83 Å². The smallest absolute Gasteiger partial charge is 0.260 e. The minimum absolute atomic E-state index is 0.0556. The highest BCUT2D eigenvalue weighted by molar-refractivity contribution is 7.26. The molecule has 17 heavy (non-hydrogen) atoms. The second-order valence-corrected chi connectivity index (χ2v) is 5.76. The Morgan fingerprint density at radius 2 is 2.00 bits per heavy atom. The number of hydrogen-bond donors (Lipinski definition) is 1. The second-order valence-electron chi connectivity index (χ2n) is 3.78. The van der Waals surface area contributed by atoms with Gasteiger partial charge in [-0.25, -0.2) is 4.98 Å². The van der Waals surface area contributed by atoms with E-state index in [1.165, 1.54) is 11.0 Å². The number of fused-ring (bicyclic) bond motifs is 5. The summed E-state index contributed by atoms with van der Waals surface area (Å²) in [7, 11) is 0. The highest BCUT2D eigenvalue weighted by Crippen LogP contribution is 2.37. The van der Waals surface area contributed by atoms with Crippen molar-refractivity contribution in [3.8, 4) is 0 Å². The molecule has 0 fully saturated rings. The van der Waals surface area contributed by atoms with Gasteiger partial charge in [0.05, 0.1) is 11.7 Å². The molecular formula is C12H6N2OS2. The first-order valence-electron chi connectivity index (χ1n) is 5.11. The summed E-state index contributed by atoms with van der Waals surface area (Å²) < 4.78 is 2.33. The summed E-state index contributed by atoms with van der Waals surface area (Å²) >= 11 is 3.26. The topological polar surface area (TPSA) is 45.8 Å². The van der Waals surface area contributed by atoms with Gasteiger partial charge in [0.15, 0.2) is 0 Å². The molecule has 0 aliphatic rings. The SMILES string of the molecule is O=c1[nH]cnc2sc3ccc4sccc4c3c12. The molecule has 0 radical (unpaired) electrons. The van der Waals surface area contributed by atoms with Crippen molar-refractivity contribution in [1.29, 1.82) is 0 Å². The van der Waals surface area contributed by atoms with E-state index in [1.807, 2.05) is 0 Å². The summed E-state index contributed by atoms with van der Waals surface area (Å²) in [6, 6.07) is 6.24. The van der Waals surface area contributed by atoms with Crippen molar-refractivity contribution in [2.24, 2.45) is 0 Å². The number of thiophene rings is 2. The molecule has 4 aromatic rings. The Hall–Kier alpha value is -1.72. The Bertz CT molecular complexity index is 916. The normalized spacial score (nSPS) is 11.8. The van der Waals surface area contributed by atoms with E-state index in [0.717, 1.165) is 25.7 Å². The summed E-state index contributed by atoms with van der Waals surface area (Å²) in [6.07, 6.45) is 1.46. The van der Waals surface area contributed by atoms with Crippen molar-refractivity contribution in [3.63, 3.8) is 0 Å². The summed E-state index contributed by atoms with van der Waals surface area (Å²) in [5.74, 6) is 0. The second kappa shape index (κ2) is 3.15. The van der Waals surface area contributed by atoms with E-state index in [4.69, 9.17) is 0 Å². The lowest BCUT2D eigenvalue weighted by molar-refractivity contribution is 1.18. The van der Waals surface area contributed by atoms with Crippen LogP contribution < -0.4 is 5.56 Å². The number of rotatable bonds is 0. The molecule has 3 heterocycles. The first-order chi connectivity index (χ1) is 8.34. The predicted molar refractivity (Wildman–Crippen MR) is 73.1 cm³/mol. The first-order valence-corrected chi connectivity index (χ1v) is 6.80. The van der Waals surface area contributed by atoms with E-state index < -0.39 is 0 Å². The first kappa shape index (κ1) is 9.32. The van der Waals surface area contributed by atoms with Crippen LogP contribution >= 0.6 is 22.7 Å². The van der Waals surface area contributed by atoms with Crippen LogP contribution in [0.3, 0.4) is 0 Å². The molecule has 0 unspecified atom stereocenters. The molecule has 0 saturated carbocycles. The van der Waals surface area contributed by atoms with Crippen molar-refractivity contribution in [1.82, 2.24) is 9.97 Å². The number of hydrogen-bond acceptors (Lipinski definition) is 4. The highest BCUT2D eigenvalue weighted by Gasteiger charge is 2.12. The third kappa shape index (κ3) is 1.15. The zero-order valence-electron chi connectivity index (χ0n) is 8.56. The van der Waals surface area contributed by atoms with Gasteiger partial charge in [-0.3, -0.25) is 4.79 Å². The maximum atomic E-state index is 11.9. The molecule has 3 aromatic heterocycles. The molecule has 3 nitrogen and oxygen atoms in total. The minimum Gasteiger partial charge on any atom is -0.313 e. The summed E-state index contributed by atoms with van der Waals surface area (Å²) in [5.41, 5.74) is -0.0556. The molecule has 1 N–H and O–H groups in total. The minimum atomic E-state index is -0.0556. The number of benzene rings is 1. The van der Waals surface area contributed by atoms with Crippen LogP contribution in [0.25, 0.3) is 30.4 Å². The number of nitrogens with one attached hydrogen (secondary N) is 1. The van der Waals surface area contributed by atoms with E-state index >= 15 is 0 Å². The molecule has 4 rings (SSSR count). The van der Waals surface area contributed by atoms with Crippen LogP contribution in [-0.4, -0.2) is 9.97 Å². The maximum Gasteiger partial charge on any atom is 0.260 e. The Balaban J connectivity index is 2.47. The lowest BCUT2D eigenvalue weighted by Crippen LogP contribution is -2.04.